The Morgan fingerprint density at radius 3 is 2.47 bits per heavy atom. The highest BCUT2D eigenvalue weighted by molar-refractivity contribution is 6.30. The molecular formula is C23H26ClN5O3. The van der Waals surface area contributed by atoms with Crippen molar-refractivity contribution in [3.8, 4) is 11.5 Å². The zero-order valence-electron chi connectivity index (χ0n) is 18.3. The van der Waals surface area contributed by atoms with Crippen LogP contribution in [0, 0.1) is 0 Å². The van der Waals surface area contributed by atoms with E-state index in [4.69, 9.17) is 16.1 Å². The average molecular weight is 456 g/mol. The molecule has 0 unspecified atom stereocenters. The molecule has 0 aliphatic carbocycles. The number of hydrogen-bond acceptors (Lipinski definition) is 5. The number of halogens is 1. The lowest BCUT2D eigenvalue weighted by Gasteiger charge is -2.17. The molecule has 0 aliphatic heterocycles. The van der Waals surface area contributed by atoms with Crippen LogP contribution < -0.4 is 10.6 Å². The number of anilines is 1. The Kier molecular flexibility index (Phi) is 7.83. The quantitative estimate of drug-likeness (QED) is 0.516. The highest BCUT2D eigenvalue weighted by Crippen LogP contribution is 2.18. The number of carbonyl (C=O) groups is 2. The number of rotatable bonds is 8. The van der Waals surface area contributed by atoms with Crippen molar-refractivity contribution in [3.63, 3.8) is 0 Å². The third-order valence-corrected chi connectivity index (χ3v) is 5.22. The number of hydrogen-bond donors (Lipinski definition) is 2. The fourth-order valence-electron chi connectivity index (χ4n) is 2.77. The van der Waals surface area contributed by atoms with Gasteiger partial charge in [0.15, 0.2) is 5.82 Å². The van der Waals surface area contributed by atoms with Crippen LogP contribution in [0.5, 0.6) is 0 Å². The smallest absolute Gasteiger partial charge is 0.321 e. The topological polar surface area (TPSA) is 100 Å². The Bertz CT molecular complexity index is 1050. The molecule has 1 atom stereocenters. The van der Waals surface area contributed by atoms with E-state index >= 15 is 0 Å². The number of aromatic nitrogens is 2. The summed E-state index contributed by atoms with van der Waals surface area (Å²) in [6.45, 7) is 4.39. The number of benzene rings is 2. The summed E-state index contributed by atoms with van der Waals surface area (Å²) in [6.07, 6.45) is 1.30. The third kappa shape index (κ3) is 6.31. The summed E-state index contributed by atoms with van der Waals surface area (Å²) in [4.78, 5) is 30.4. The van der Waals surface area contributed by atoms with Crippen molar-refractivity contribution in [2.45, 2.75) is 32.7 Å². The molecule has 0 aliphatic rings. The van der Waals surface area contributed by atoms with Gasteiger partial charge < -0.3 is 20.1 Å². The fraction of sp³-hybridized carbons (Fsp3) is 0.304. The van der Waals surface area contributed by atoms with Crippen molar-refractivity contribution in [1.29, 1.82) is 0 Å². The maximum Gasteiger partial charge on any atom is 0.321 e. The van der Waals surface area contributed by atoms with Crippen LogP contribution in [0.3, 0.4) is 0 Å². The van der Waals surface area contributed by atoms with Crippen LogP contribution in [0.25, 0.3) is 11.5 Å². The maximum atomic E-state index is 12.3. The summed E-state index contributed by atoms with van der Waals surface area (Å²) < 4.78 is 5.34. The lowest BCUT2D eigenvalue weighted by atomic mass is 10.1. The molecule has 0 saturated heterocycles. The predicted octanol–water partition coefficient (Wildman–Crippen LogP) is 4.62. The van der Waals surface area contributed by atoms with Gasteiger partial charge in [-0.2, -0.15) is 4.98 Å². The summed E-state index contributed by atoms with van der Waals surface area (Å²) >= 11 is 5.86. The molecule has 2 N–H and O–H groups in total. The molecular weight excluding hydrogens is 430 g/mol. The summed E-state index contributed by atoms with van der Waals surface area (Å²) in [7, 11) is 1.69. The van der Waals surface area contributed by atoms with E-state index in [9.17, 15) is 9.59 Å². The van der Waals surface area contributed by atoms with Crippen LogP contribution in [-0.2, 0) is 6.42 Å². The molecule has 32 heavy (non-hydrogen) atoms. The molecule has 1 aromatic heterocycles. The van der Waals surface area contributed by atoms with E-state index in [1.54, 1.807) is 55.6 Å². The summed E-state index contributed by atoms with van der Waals surface area (Å²) in [5.74, 6) is 0.740. The highest BCUT2D eigenvalue weighted by atomic mass is 35.5. The largest absolute Gasteiger partial charge is 0.350 e. The Morgan fingerprint density at radius 2 is 1.81 bits per heavy atom. The van der Waals surface area contributed by atoms with E-state index < -0.39 is 0 Å². The molecule has 2 aromatic carbocycles. The van der Waals surface area contributed by atoms with E-state index in [0.29, 0.717) is 41.0 Å². The molecule has 1 heterocycles. The van der Waals surface area contributed by atoms with Crippen LogP contribution in [-0.4, -0.2) is 46.6 Å². The van der Waals surface area contributed by atoms with E-state index in [-0.39, 0.29) is 18.0 Å². The van der Waals surface area contributed by atoms with Crippen LogP contribution in [0.2, 0.25) is 5.02 Å². The standard InChI is InChI=1S/C23H26ClN5O3/c1-4-15(2)25-21(30)16-5-7-17(8-6-16)22-27-20(28-32-22)13-14-29(3)23(31)26-19-11-9-18(24)10-12-19/h5-12,15H,4,13-14H2,1-3H3,(H,25,30)(H,26,31)/t15-/m1/s1. The van der Waals surface area contributed by atoms with Gasteiger partial charge in [0.1, 0.15) is 0 Å². The van der Waals surface area contributed by atoms with Gasteiger partial charge in [-0.1, -0.05) is 23.7 Å². The second kappa shape index (κ2) is 10.8. The predicted molar refractivity (Wildman–Crippen MR) is 124 cm³/mol. The Morgan fingerprint density at radius 1 is 1.12 bits per heavy atom. The van der Waals surface area contributed by atoms with Gasteiger partial charge in [0.05, 0.1) is 0 Å². The second-order valence-electron chi connectivity index (χ2n) is 7.48. The maximum absolute atomic E-state index is 12.3. The van der Waals surface area contributed by atoms with E-state index in [2.05, 4.69) is 20.8 Å². The first kappa shape index (κ1) is 23.3. The van der Waals surface area contributed by atoms with Gasteiger partial charge >= 0.3 is 6.03 Å². The van der Waals surface area contributed by atoms with Gasteiger partial charge in [-0.3, -0.25) is 4.79 Å². The zero-order valence-corrected chi connectivity index (χ0v) is 19.0. The first-order valence-corrected chi connectivity index (χ1v) is 10.7. The minimum absolute atomic E-state index is 0.114. The summed E-state index contributed by atoms with van der Waals surface area (Å²) in [5, 5.41) is 10.3. The molecule has 0 spiro atoms. The van der Waals surface area contributed by atoms with E-state index in [0.717, 1.165) is 12.0 Å². The Labute approximate surface area is 192 Å². The molecule has 0 saturated carbocycles. The van der Waals surface area contributed by atoms with Crippen molar-refractivity contribution >= 4 is 29.2 Å². The summed E-state index contributed by atoms with van der Waals surface area (Å²) in [6, 6.07) is 13.8. The van der Waals surface area contributed by atoms with Gasteiger partial charge in [-0.15, -0.1) is 0 Å². The Hall–Kier alpha value is -3.39. The van der Waals surface area contributed by atoms with Crippen LogP contribution in [0.1, 0.15) is 36.5 Å². The lowest BCUT2D eigenvalue weighted by Crippen LogP contribution is -2.33. The van der Waals surface area contributed by atoms with Crippen LogP contribution in [0.15, 0.2) is 53.1 Å². The molecule has 8 nitrogen and oxygen atoms in total. The SMILES string of the molecule is CC[C@@H](C)NC(=O)c1ccc(-c2nc(CCN(C)C(=O)Nc3ccc(Cl)cc3)no2)cc1. The minimum Gasteiger partial charge on any atom is -0.350 e. The van der Waals surface area contributed by atoms with Gasteiger partial charge in [-0.25, -0.2) is 4.79 Å². The monoisotopic (exact) mass is 455 g/mol. The number of nitrogens with one attached hydrogen (secondary N) is 2. The third-order valence-electron chi connectivity index (χ3n) is 4.97. The summed E-state index contributed by atoms with van der Waals surface area (Å²) in [5.41, 5.74) is 1.95. The fourth-order valence-corrected chi connectivity index (χ4v) is 2.89. The number of amides is 3. The number of likely N-dealkylation sites (N-methyl/N-ethyl adjacent to an activating group) is 1. The molecule has 9 heteroatoms. The second-order valence-corrected chi connectivity index (χ2v) is 7.92. The van der Waals surface area contributed by atoms with E-state index in [1.807, 2.05) is 13.8 Å². The zero-order chi connectivity index (χ0) is 23.1. The van der Waals surface area contributed by atoms with Crippen LogP contribution >= 0.6 is 11.6 Å². The first-order chi connectivity index (χ1) is 15.4. The molecule has 3 rings (SSSR count). The average Bonchev–Trinajstić information content (AvgIpc) is 3.28. The first-order valence-electron chi connectivity index (χ1n) is 10.4. The lowest BCUT2D eigenvalue weighted by molar-refractivity contribution is 0.0939. The number of urea groups is 1. The minimum atomic E-state index is -0.248. The molecule has 168 valence electrons. The van der Waals surface area contributed by atoms with Gasteiger partial charge in [0.2, 0.25) is 0 Å². The van der Waals surface area contributed by atoms with Crippen molar-refractivity contribution in [1.82, 2.24) is 20.4 Å². The van der Waals surface area contributed by atoms with Crippen molar-refractivity contribution in [3.05, 3.63) is 64.9 Å². The normalized spacial score (nSPS) is 11.6. The number of nitrogens with zero attached hydrogens (tertiary/aromatic N) is 3. The molecule has 3 aromatic rings. The molecule has 0 bridgehead atoms. The van der Waals surface area contributed by atoms with Crippen molar-refractivity contribution in [2.75, 3.05) is 18.9 Å². The van der Waals surface area contributed by atoms with Crippen molar-refractivity contribution < 1.29 is 14.1 Å². The molecule has 3 amide bonds. The Balaban J connectivity index is 1.53. The van der Waals surface area contributed by atoms with Gasteiger partial charge in [0.25, 0.3) is 11.8 Å². The number of carbonyl (C=O) groups excluding carboxylic acids is 2. The molecule has 0 radical (unpaired) electrons. The highest BCUT2D eigenvalue weighted by Gasteiger charge is 2.14. The molecule has 0 fully saturated rings. The van der Waals surface area contributed by atoms with E-state index in [1.165, 1.54) is 4.90 Å². The van der Waals surface area contributed by atoms with Gasteiger partial charge in [0, 0.05) is 47.9 Å². The van der Waals surface area contributed by atoms with Gasteiger partial charge in [-0.05, 0) is 61.9 Å². The van der Waals surface area contributed by atoms with Crippen molar-refractivity contribution in [2.24, 2.45) is 0 Å². The van der Waals surface area contributed by atoms with Crippen LogP contribution in [0.4, 0.5) is 10.5 Å².